The van der Waals surface area contributed by atoms with E-state index in [1.54, 1.807) is 28.2 Å². The van der Waals surface area contributed by atoms with Crippen LogP contribution in [-0.4, -0.2) is 51.4 Å². The maximum absolute atomic E-state index is 13.1. The van der Waals surface area contributed by atoms with E-state index in [4.69, 9.17) is 4.98 Å². The Kier molecular flexibility index (Phi) is 4.91. The van der Waals surface area contributed by atoms with E-state index in [1.165, 1.54) is 21.7 Å². The molecule has 1 aliphatic heterocycles. The van der Waals surface area contributed by atoms with Crippen molar-refractivity contribution in [2.24, 2.45) is 0 Å². The fourth-order valence-corrected chi connectivity index (χ4v) is 4.66. The number of nitrogens with zero attached hydrogens (tertiary/aromatic N) is 6. The molecule has 0 atom stereocenters. The number of aromatic nitrogens is 5. The fraction of sp³-hybridized carbons (Fsp3) is 0.300. The first-order chi connectivity index (χ1) is 14.2. The second-order valence-electron chi connectivity index (χ2n) is 7.26. The van der Waals surface area contributed by atoms with Gasteiger partial charge in [-0.1, -0.05) is 35.6 Å². The van der Waals surface area contributed by atoms with Crippen LogP contribution in [0.15, 0.2) is 48.5 Å². The van der Waals surface area contributed by atoms with Gasteiger partial charge < -0.3 is 9.80 Å². The number of thiazole rings is 1. The third-order valence-electron chi connectivity index (χ3n) is 5.28. The van der Waals surface area contributed by atoms with Crippen LogP contribution in [0.3, 0.4) is 0 Å². The largest absolute Gasteiger partial charge is 0.337 e. The fourth-order valence-electron chi connectivity index (χ4n) is 3.65. The Labute approximate surface area is 171 Å². The number of fused-ring (bicyclic) bond motifs is 1. The van der Waals surface area contributed by atoms with Crippen LogP contribution in [0.25, 0.3) is 10.2 Å². The molecule has 0 bridgehead atoms. The topological polar surface area (TPSA) is 64.2 Å². The number of nitrogens with one attached hydrogen (secondary N) is 1. The van der Waals surface area contributed by atoms with E-state index in [0.29, 0.717) is 6.54 Å². The molecule has 3 heterocycles. The molecule has 0 saturated carbocycles. The second kappa shape index (κ2) is 7.84. The van der Waals surface area contributed by atoms with Gasteiger partial charge in [-0.05, 0) is 40.3 Å². The number of hydrogen-bond donors (Lipinski definition) is 1. The van der Waals surface area contributed by atoms with Crippen molar-refractivity contribution in [1.82, 2.24) is 25.2 Å². The zero-order valence-corrected chi connectivity index (χ0v) is 16.6. The number of rotatable bonds is 5. The van der Waals surface area contributed by atoms with Gasteiger partial charge in [-0.2, -0.15) is 0 Å². The number of anilines is 1. The maximum atomic E-state index is 13.1. The quantitative estimate of drug-likeness (QED) is 0.539. The SMILES string of the molecule is Fc1ccc(Cn2nnnc2C[NH+]2CCN(c3nc4ccccc4s3)CC2)cc1. The summed E-state index contributed by atoms with van der Waals surface area (Å²) in [5.41, 5.74) is 2.05. The summed E-state index contributed by atoms with van der Waals surface area (Å²) >= 11 is 1.76. The Bertz CT molecular complexity index is 1070. The lowest BCUT2D eigenvalue weighted by molar-refractivity contribution is -0.915. The molecule has 5 rings (SSSR count). The number of benzene rings is 2. The molecule has 4 aromatic rings. The molecule has 2 aromatic carbocycles. The van der Waals surface area contributed by atoms with Crippen molar-refractivity contribution < 1.29 is 9.29 Å². The lowest BCUT2D eigenvalue weighted by Gasteiger charge is -2.31. The zero-order chi connectivity index (χ0) is 19.6. The summed E-state index contributed by atoms with van der Waals surface area (Å²) in [6, 6.07) is 14.7. The summed E-state index contributed by atoms with van der Waals surface area (Å²) < 4.78 is 16.1. The first-order valence-corrected chi connectivity index (χ1v) is 10.5. The van der Waals surface area contributed by atoms with Crippen molar-refractivity contribution in [2.75, 3.05) is 31.1 Å². The first-order valence-electron chi connectivity index (χ1n) is 9.68. The highest BCUT2D eigenvalue weighted by Gasteiger charge is 2.24. The van der Waals surface area contributed by atoms with Gasteiger partial charge in [0.2, 0.25) is 5.82 Å². The van der Waals surface area contributed by atoms with E-state index in [1.807, 2.05) is 6.07 Å². The van der Waals surface area contributed by atoms with Gasteiger partial charge >= 0.3 is 0 Å². The van der Waals surface area contributed by atoms with Crippen molar-refractivity contribution in [1.29, 1.82) is 0 Å². The molecule has 0 amide bonds. The molecule has 1 aliphatic rings. The predicted octanol–water partition coefficient (Wildman–Crippen LogP) is 1.38. The monoisotopic (exact) mass is 410 g/mol. The number of halogens is 1. The molecular weight excluding hydrogens is 389 g/mol. The van der Waals surface area contributed by atoms with Crippen molar-refractivity contribution in [3.8, 4) is 0 Å². The minimum atomic E-state index is -0.235. The Morgan fingerprint density at radius 2 is 1.83 bits per heavy atom. The summed E-state index contributed by atoms with van der Waals surface area (Å²) in [4.78, 5) is 8.60. The Morgan fingerprint density at radius 1 is 1.03 bits per heavy atom. The summed E-state index contributed by atoms with van der Waals surface area (Å²) in [6.07, 6.45) is 0. The first kappa shape index (κ1) is 18.1. The van der Waals surface area contributed by atoms with Crippen LogP contribution >= 0.6 is 11.3 Å². The van der Waals surface area contributed by atoms with Crippen LogP contribution in [0.5, 0.6) is 0 Å². The van der Waals surface area contributed by atoms with E-state index >= 15 is 0 Å². The highest BCUT2D eigenvalue weighted by atomic mass is 32.1. The molecule has 0 radical (unpaired) electrons. The summed E-state index contributed by atoms with van der Waals surface area (Å²) in [6.45, 7) is 5.29. The summed E-state index contributed by atoms with van der Waals surface area (Å²) in [5, 5.41) is 13.3. The normalized spacial score (nSPS) is 15.3. The molecule has 0 aliphatic carbocycles. The number of hydrogen-bond acceptors (Lipinski definition) is 6. The summed E-state index contributed by atoms with van der Waals surface area (Å²) in [7, 11) is 0. The second-order valence-corrected chi connectivity index (χ2v) is 8.27. The minimum Gasteiger partial charge on any atom is -0.337 e. The summed E-state index contributed by atoms with van der Waals surface area (Å²) in [5.74, 6) is 0.624. The maximum Gasteiger partial charge on any atom is 0.206 e. The van der Waals surface area contributed by atoms with E-state index in [-0.39, 0.29) is 5.82 Å². The minimum absolute atomic E-state index is 0.235. The average molecular weight is 411 g/mol. The Balaban J connectivity index is 1.21. The van der Waals surface area contributed by atoms with Gasteiger partial charge in [0.1, 0.15) is 12.4 Å². The molecule has 7 nitrogen and oxygen atoms in total. The van der Waals surface area contributed by atoms with E-state index < -0.39 is 0 Å². The highest BCUT2D eigenvalue weighted by Crippen LogP contribution is 2.28. The molecule has 1 N–H and O–H groups in total. The van der Waals surface area contributed by atoms with E-state index in [9.17, 15) is 4.39 Å². The molecule has 1 saturated heterocycles. The Morgan fingerprint density at radius 3 is 2.62 bits per heavy atom. The van der Waals surface area contributed by atoms with Gasteiger partial charge in [-0.3, -0.25) is 0 Å². The molecule has 1 fully saturated rings. The van der Waals surface area contributed by atoms with Crippen LogP contribution in [0.1, 0.15) is 11.4 Å². The lowest BCUT2D eigenvalue weighted by atomic mass is 10.2. The van der Waals surface area contributed by atoms with Gasteiger partial charge in [0.25, 0.3) is 0 Å². The van der Waals surface area contributed by atoms with Gasteiger partial charge in [0.15, 0.2) is 5.13 Å². The molecule has 148 valence electrons. The van der Waals surface area contributed by atoms with Crippen LogP contribution in [-0.2, 0) is 13.1 Å². The third kappa shape index (κ3) is 3.96. The smallest absolute Gasteiger partial charge is 0.206 e. The highest BCUT2D eigenvalue weighted by molar-refractivity contribution is 7.22. The molecule has 2 aromatic heterocycles. The standard InChI is InChI=1S/C20H20FN7S/c21-16-7-5-15(6-8-16)13-28-19(23-24-25-28)14-26-9-11-27(12-10-26)20-22-17-3-1-2-4-18(17)29-20/h1-8H,9-14H2/p+1. The van der Waals surface area contributed by atoms with Crippen LogP contribution < -0.4 is 9.80 Å². The predicted molar refractivity (Wildman–Crippen MR) is 110 cm³/mol. The number of para-hydroxylation sites is 1. The van der Waals surface area contributed by atoms with Gasteiger partial charge in [0, 0.05) is 0 Å². The van der Waals surface area contributed by atoms with E-state index in [0.717, 1.165) is 54.8 Å². The van der Waals surface area contributed by atoms with Crippen molar-refractivity contribution in [3.05, 3.63) is 65.7 Å². The molecule has 29 heavy (non-hydrogen) atoms. The van der Waals surface area contributed by atoms with Gasteiger partial charge in [0.05, 0.1) is 42.9 Å². The van der Waals surface area contributed by atoms with Gasteiger partial charge in [-0.25, -0.2) is 14.1 Å². The average Bonchev–Trinajstić information content (AvgIpc) is 3.37. The van der Waals surface area contributed by atoms with Crippen molar-refractivity contribution >= 4 is 26.7 Å². The van der Waals surface area contributed by atoms with E-state index in [2.05, 4.69) is 38.6 Å². The zero-order valence-electron chi connectivity index (χ0n) is 15.8. The third-order valence-corrected chi connectivity index (χ3v) is 6.38. The number of piperazine rings is 1. The molecule has 9 heteroatoms. The lowest BCUT2D eigenvalue weighted by Crippen LogP contribution is -3.13. The number of quaternary nitrogens is 1. The van der Waals surface area contributed by atoms with Crippen LogP contribution in [0.4, 0.5) is 9.52 Å². The van der Waals surface area contributed by atoms with Crippen LogP contribution in [0, 0.1) is 5.82 Å². The van der Waals surface area contributed by atoms with Crippen molar-refractivity contribution in [2.45, 2.75) is 13.1 Å². The molecule has 0 spiro atoms. The van der Waals surface area contributed by atoms with Crippen LogP contribution in [0.2, 0.25) is 0 Å². The molecular formula is C20H21FN7S+. The van der Waals surface area contributed by atoms with Crippen molar-refractivity contribution in [3.63, 3.8) is 0 Å². The molecule has 0 unspecified atom stereocenters. The number of tetrazole rings is 1. The Hall–Kier alpha value is -2.91. The van der Waals surface area contributed by atoms with Gasteiger partial charge in [-0.15, -0.1) is 5.10 Å².